The molecule has 0 N–H and O–H groups in total. The number of rotatable bonds is 4. The van der Waals surface area contributed by atoms with Crippen LogP contribution in [0.2, 0.25) is 0 Å². The minimum atomic E-state index is -0.472. The number of hydrogen-bond donors (Lipinski definition) is 0. The van der Waals surface area contributed by atoms with Gasteiger partial charge in [0.05, 0.1) is 11.9 Å². The third-order valence-corrected chi connectivity index (χ3v) is 5.01. The van der Waals surface area contributed by atoms with Crippen LogP contribution in [0.1, 0.15) is 77.8 Å². The molecule has 0 atom stereocenters. The molecule has 1 aromatic rings. The molecule has 118 valence electrons. The molecule has 0 saturated heterocycles. The lowest BCUT2D eigenvalue weighted by molar-refractivity contribution is -0.130. The highest BCUT2D eigenvalue weighted by Gasteiger charge is 2.35. The molecule has 1 heterocycles. The van der Waals surface area contributed by atoms with Crippen LogP contribution in [-0.4, -0.2) is 15.3 Å². The second kappa shape index (κ2) is 7.24. The van der Waals surface area contributed by atoms with Crippen LogP contribution in [0.4, 0.5) is 0 Å². The lowest BCUT2D eigenvalue weighted by atomic mass is 9.82. The smallest absolute Gasteiger partial charge is 0.161 e. The summed E-state index contributed by atoms with van der Waals surface area (Å²) < 4.78 is 2.09. The molecule has 1 fully saturated rings. The van der Waals surface area contributed by atoms with E-state index in [0.717, 1.165) is 25.0 Å². The quantitative estimate of drug-likeness (QED) is 0.818. The van der Waals surface area contributed by atoms with Crippen molar-refractivity contribution in [2.45, 2.75) is 84.1 Å². The predicted molar refractivity (Wildman–Crippen MR) is 86.4 cm³/mol. The van der Waals surface area contributed by atoms with Gasteiger partial charge in [0.2, 0.25) is 0 Å². The fourth-order valence-electron chi connectivity index (χ4n) is 3.60. The Hall–Kier alpha value is -1.12. The van der Waals surface area contributed by atoms with Crippen molar-refractivity contribution < 1.29 is 4.79 Å². The summed E-state index contributed by atoms with van der Waals surface area (Å²) in [6.07, 6.45) is 14.4. The largest absolute Gasteiger partial charge is 0.322 e. The van der Waals surface area contributed by atoms with Crippen LogP contribution in [0.5, 0.6) is 0 Å². The van der Waals surface area contributed by atoms with Gasteiger partial charge in [-0.3, -0.25) is 4.79 Å². The van der Waals surface area contributed by atoms with Crippen LogP contribution in [0.3, 0.4) is 0 Å². The van der Waals surface area contributed by atoms with E-state index in [0.29, 0.717) is 5.78 Å². The maximum absolute atomic E-state index is 13.1. The Morgan fingerprint density at radius 1 is 1.19 bits per heavy atom. The van der Waals surface area contributed by atoms with E-state index in [9.17, 15) is 4.79 Å². The first kappa shape index (κ1) is 16.3. The average Bonchev–Trinajstić information content (AvgIpc) is 2.99. The third-order valence-electron chi connectivity index (χ3n) is 5.01. The van der Waals surface area contributed by atoms with E-state index in [1.54, 1.807) is 0 Å². The molecule has 0 spiro atoms. The second-order valence-corrected chi connectivity index (χ2v) is 6.93. The summed E-state index contributed by atoms with van der Waals surface area (Å²) in [5, 5.41) is 0. The number of aryl methyl sites for hydroxylation is 1. The van der Waals surface area contributed by atoms with E-state index < -0.39 is 5.54 Å². The van der Waals surface area contributed by atoms with Crippen molar-refractivity contribution in [2.24, 2.45) is 5.92 Å². The number of imidazole rings is 1. The van der Waals surface area contributed by atoms with Crippen LogP contribution < -0.4 is 0 Å². The normalized spacial score (nSPS) is 18.8. The SMILES string of the molecule is CCc1cncn1C(C)(C)C(=O)C1CCCCCCCC1. The molecule has 0 radical (unpaired) electrons. The summed E-state index contributed by atoms with van der Waals surface area (Å²) in [7, 11) is 0. The van der Waals surface area contributed by atoms with Gasteiger partial charge < -0.3 is 4.57 Å². The van der Waals surface area contributed by atoms with E-state index in [4.69, 9.17) is 0 Å². The second-order valence-electron chi connectivity index (χ2n) is 6.93. The van der Waals surface area contributed by atoms with Crippen molar-refractivity contribution in [2.75, 3.05) is 0 Å². The molecule has 3 heteroatoms. The minimum Gasteiger partial charge on any atom is -0.322 e. The Bertz CT molecular complexity index is 452. The monoisotopic (exact) mass is 290 g/mol. The molecular weight excluding hydrogens is 260 g/mol. The molecular formula is C18H30N2O. The van der Waals surface area contributed by atoms with Gasteiger partial charge in [-0.15, -0.1) is 0 Å². The number of hydrogen-bond acceptors (Lipinski definition) is 2. The standard InChI is InChI=1S/C18H30N2O/c1-4-16-13-19-14-20(16)18(2,3)17(21)15-11-9-7-5-6-8-10-12-15/h13-15H,4-12H2,1-3H3. The first-order chi connectivity index (χ1) is 10.1. The van der Waals surface area contributed by atoms with Crippen molar-refractivity contribution in [1.82, 2.24) is 9.55 Å². The Balaban J connectivity index is 2.15. The maximum Gasteiger partial charge on any atom is 0.161 e. The van der Waals surface area contributed by atoms with E-state index in [1.807, 2.05) is 12.5 Å². The first-order valence-electron chi connectivity index (χ1n) is 8.63. The van der Waals surface area contributed by atoms with Gasteiger partial charge in [0.25, 0.3) is 0 Å². The highest BCUT2D eigenvalue weighted by atomic mass is 16.1. The van der Waals surface area contributed by atoms with E-state index in [2.05, 4.69) is 30.3 Å². The summed E-state index contributed by atoms with van der Waals surface area (Å²) in [5.41, 5.74) is 0.678. The zero-order chi connectivity index (χ0) is 15.3. The first-order valence-corrected chi connectivity index (χ1v) is 8.63. The highest BCUT2D eigenvalue weighted by molar-refractivity contribution is 5.88. The summed E-state index contributed by atoms with van der Waals surface area (Å²) in [5.74, 6) is 0.627. The van der Waals surface area contributed by atoms with Crippen molar-refractivity contribution >= 4 is 5.78 Å². The zero-order valence-corrected chi connectivity index (χ0v) is 13.9. The molecule has 21 heavy (non-hydrogen) atoms. The Labute approximate surface area is 129 Å². The van der Waals surface area contributed by atoms with E-state index in [1.165, 1.54) is 38.5 Å². The zero-order valence-electron chi connectivity index (χ0n) is 13.9. The van der Waals surface area contributed by atoms with E-state index in [-0.39, 0.29) is 5.92 Å². The van der Waals surface area contributed by atoms with Crippen molar-refractivity contribution in [3.8, 4) is 0 Å². The number of aromatic nitrogens is 2. The topological polar surface area (TPSA) is 34.9 Å². The summed E-state index contributed by atoms with van der Waals surface area (Å²) in [4.78, 5) is 17.4. The van der Waals surface area contributed by atoms with Crippen LogP contribution in [0.25, 0.3) is 0 Å². The van der Waals surface area contributed by atoms with E-state index >= 15 is 0 Å². The fraction of sp³-hybridized carbons (Fsp3) is 0.778. The Kier molecular flexibility index (Phi) is 5.60. The number of carbonyl (C=O) groups excluding carboxylic acids is 1. The van der Waals surface area contributed by atoms with Crippen molar-refractivity contribution in [1.29, 1.82) is 0 Å². The fourth-order valence-corrected chi connectivity index (χ4v) is 3.60. The molecule has 1 aromatic heterocycles. The third kappa shape index (κ3) is 3.75. The van der Waals surface area contributed by atoms with Gasteiger partial charge in [-0.1, -0.05) is 45.4 Å². The Morgan fingerprint density at radius 2 is 1.76 bits per heavy atom. The lowest BCUT2D eigenvalue weighted by Gasteiger charge is -2.31. The molecule has 1 saturated carbocycles. The molecule has 0 amide bonds. The molecule has 0 unspecified atom stereocenters. The minimum absolute atomic E-state index is 0.227. The molecule has 0 aromatic carbocycles. The predicted octanol–water partition coefficient (Wildman–Crippen LogP) is 4.50. The van der Waals surface area contributed by atoms with Crippen molar-refractivity contribution in [3.63, 3.8) is 0 Å². The number of ketones is 1. The molecule has 1 aliphatic rings. The van der Waals surface area contributed by atoms with Gasteiger partial charge >= 0.3 is 0 Å². The summed E-state index contributed by atoms with van der Waals surface area (Å²) in [6.45, 7) is 6.24. The molecule has 0 bridgehead atoms. The van der Waals surface area contributed by atoms with Crippen LogP contribution in [0.15, 0.2) is 12.5 Å². The summed E-state index contributed by atoms with van der Waals surface area (Å²) in [6, 6.07) is 0. The van der Waals surface area contributed by atoms with Crippen LogP contribution >= 0.6 is 0 Å². The van der Waals surface area contributed by atoms with Crippen LogP contribution in [0, 0.1) is 5.92 Å². The van der Waals surface area contributed by atoms with Gasteiger partial charge in [0.1, 0.15) is 0 Å². The van der Waals surface area contributed by atoms with Gasteiger partial charge in [-0.2, -0.15) is 0 Å². The molecule has 3 nitrogen and oxygen atoms in total. The maximum atomic E-state index is 13.1. The van der Waals surface area contributed by atoms with Crippen molar-refractivity contribution in [3.05, 3.63) is 18.2 Å². The molecule has 2 rings (SSSR count). The summed E-state index contributed by atoms with van der Waals surface area (Å²) >= 11 is 0. The van der Waals surface area contributed by atoms with Gasteiger partial charge in [0.15, 0.2) is 5.78 Å². The molecule has 1 aliphatic carbocycles. The number of Topliss-reactive ketones (excluding diaryl/α,β-unsaturated/α-hetero) is 1. The lowest BCUT2D eigenvalue weighted by Crippen LogP contribution is -2.40. The average molecular weight is 290 g/mol. The van der Waals surface area contributed by atoms with Gasteiger partial charge in [-0.05, 0) is 33.1 Å². The van der Waals surface area contributed by atoms with Gasteiger partial charge in [0, 0.05) is 17.8 Å². The molecule has 0 aliphatic heterocycles. The number of carbonyl (C=O) groups is 1. The Morgan fingerprint density at radius 3 is 2.33 bits per heavy atom. The van der Waals surface area contributed by atoms with Gasteiger partial charge in [-0.25, -0.2) is 4.98 Å². The number of nitrogens with zero attached hydrogens (tertiary/aromatic N) is 2. The van der Waals surface area contributed by atoms with Crippen LogP contribution in [-0.2, 0) is 16.8 Å². The highest BCUT2D eigenvalue weighted by Crippen LogP contribution is 2.30.